The van der Waals surface area contributed by atoms with Crippen molar-refractivity contribution in [2.45, 2.75) is 69.8 Å². The molecule has 17 heteroatoms. The van der Waals surface area contributed by atoms with Crippen LogP contribution < -0.4 is 10.6 Å². The summed E-state index contributed by atoms with van der Waals surface area (Å²) in [6.45, 7) is 2.01. The molecular formula is C42H48F4N4O9. The Hall–Kier alpha value is -5.39. The first-order chi connectivity index (χ1) is 28.3. The van der Waals surface area contributed by atoms with E-state index in [1.807, 2.05) is 18.2 Å². The van der Waals surface area contributed by atoms with Crippen molar-refractivity contribution in [3.8, 4) is 0 Å². The van der Waals surface area contributed by atoms with Crippen LogP contribution in [-0.2, 0) is 63.1 Å². The number of nitrogens with one attached hydrogen (secondary N) is 2. The number of imide groups is 1. The second kappa shape index (κ2) is 21.0. The SMILES string of the molecule is C[C@H](N(Cc1ccc(F)cc1)C(=O)CN1C(=O)OC2(CCc3cc(NC(=O)CCCNC(=O)CCOCCOCCOCCc4ccccc4)ccc32)C1=O)C(F)(F)F. The van der Waals surface area contributed by atoms with Crippen molar-refractivity contribution in [2.75, 3.05) is 58.0 Å². The van der Waals surface area contributed by atoms with Crippen molar-refractivity contribution >= 4 is 35.4 Å². The van der Waals surface area contributed by atoms with Crippen LogP contribution in [0.15, 0.2) is 72.8 Å². The van der Waals surface area contributed by atoms with Gasteiger partial charge in [0.15, 0.2) is 0 Å². The molecule has 2 atom stereocenters. The topological polar surface area (TPSA) is 153 Å². The normalized spacial score (nSPS) is 16.5. The van der Waals surface area contributed by atoms with Gasteiger partial charge in [-0.1, -0.05) is 48.5 Å². The van der Waals surface area contributed by atoms with E-state index >= 15 is 0 Å². The van der Waals surface area contributed by atoms with Crippen molar-refractivity contribution in [3.05, 3.63) is 101 Å². The molecule has 1 aliphatic heterocycles. The van der Waals surface area contributed by atoms with Crippen molar-refractivity contribution in [2.24, 2.45) is 0 Å². The van der Waals surface area contributed by atoms with Gasteiger partial charge < -0.3 is 34.5 Å². The highest BCUT2D eigenvalue weighted by atomic mass is 19.4. The molecule has 1 spiro atoms. The van der Waals surface area contributed by atoms with Crippen LogP contribution in [0, 0.1) is 5.82 Å². The molecule has 1 fully saturated rings. The summed E-state index contributed by atoms with van der Waals surface area (Å²) in [7, 11) is 0. The zero-order valence-electron chi connectivity index (χ0n) is 32.7. The Balaban J connectivity index is 0.992. The lowest BCUT2D eigenvalue weighted by atomic mass is 9.94. The number of anilines is 1. The Labute approximate surface area is 339 Å². The van der Waals surface area contributed by atoms with Crippen LogP contribution >= 0.6 is 0 Å². The average Bonchev–Trinajstić information content (AvgIpc) is 3.68. The number of ether oxygens (including phenoxy) is 4. The van der Waals surface area contributed by atoms with Crippen LogP contribution in [-0.4, -0.2) is 104 Å². The Bertz CT molecular complexity index is 1920. The second-order valence-electron chi connectivity index (χ2n) is 14.1. The van der Waals surface area contributed by atoms with Gasteiger partial charge in [0, 0.05) is 43.6 Å². The van der Waals surface area contributed by atoms with Gasteiger partial charge in [0.05, 0.1) is 39.6 Å². The van der Waals surface area contributed by atoms with Crippen LogP contribution in [0.2, 0.25) is 0 Å². The van der Waals surface area contributed by atoms with Gasteiger partial charge in [0.1, 0.15) is 18.4 Å². The number of fused-ring (bicyclic) bond motifs is 2. The number of alkyl halides is 3. The molecule has 0 saturated carbocycles. The Morgan fingerprint density at radius 2 is 1.54 bits per heavy atom. The van der Waals surface area contributed by atoms with Gasteiger partial charge >= 0.3 is 12.3 Å². The molecule has 318 valence electrons. The highest BCUT2D eigenvalue weighted by molar-refractivity contribution is 6.06. The summed E-state index contributed by atoms with van der Waals surface area (Å²) in [4.78, 5) is 65.7. The summed E-state index contributed by atoms with van der Waals surface area (Å²) < 4.78 is 76.7. The molecule has 59 heavy (non-hydrogen) atoms. The van der Waals surface area contributed by atoms with Crippen LogP contribution in [0.4, 0.5) is 28.0 Å². The highest BCUT2D eigenvalue weighted by Crippen LogP contribution is 2.46. The van der Waals surface area contributed by atoms with E-state index in [0.717, 1.165) is 25.5 Å². The summed E-state index contributed by atoms with van der Waals surface area (Å²) in [6.07, 6.45) is -4.23. The molecule has 5 amide bonds. The quantitative estimate of drug-likeness (QED) is 0.0997. The van der Waals surface area contributed by atoms with E-state index in [2.05, 4.69) is 22.8 Å². The first-order valence-corrected chi connectivity index (χ1v) is 19.4. The number of rotatable bonds is 22. The maximum Gasteiger partial charge on any atom is 0.418 e. The summed E-state index contributed by atoms with van der Waals surface area (Å²) in [5.74, 6) is -3.19. The third kappa shape index (κ3) is 12.6. The maximum absolute atomic E-state index is 13.8. The minimum absolute atomic E-state index is 0.0249. The summed E-state index contributed by atoms with van der Waals surface area (Å²) in [6, 6.07) is 17.0. The van der Waals surface area contributed by atoms with Crippen LogP contribution in [0.3, 0.4) is 0 Å². The van der Waals surface area contributed by atoms with Gasteiger partial charge in [-0.15, -0.1) is 0 Å². The molecule has 0 radical (unpaired) electrons. The Morgan fingerprint density at radius 3 is 2.24 bits per heavy atom. The maximum atomic E-state index is 13.8. The molecule has 1 heterocycles. The summed E-state index contributed by atoms with van der Waals surface area (Å²) >= 11 is 0. The van der Waals surface area contributed by atoms with Crippen molar-refractivity contribution in [1.29, 1.82) is 0 Å². The Morgan fingerprint density at radius 1 is 0.864 bits per heavy atom. The highest BCUT2D eigenvalue weighted by Gasteiger charge is 2.58. The first kappa shape index (κ1) is 44.7. The van der Waals surface area contributed by atoms with Crippen LogP contribution in [0.25, 0.3) is 0 Å². The standard InChI is InChI=1S/C42H48F4N4O9/c1-29(42(44,45)46)49(27-31-9-11-33(43)12-10-31)38(53)28-50-39(54)41(59-40(50)55)18-15-32-26-34(13-14-35(32)41)48-37(52)8-5-19-47-36(51)17-21-57-23-25-58-24-22-56-20-16-30-6-3-2-4-7-30/h2-4,6-7,9-14,26,29H,5,8,15-25,27-28H2,1H3,(H,47,51)(H,48,52)/t29-,41?/m0/s1. The fourth-order valence-corrected chi connectivity index (χ4v) is 6.69. The fourth-order valence-electron chi connectivity index (χ4n) is 6.69. The molecule has 3 aromatic rings. The van der Waals surface area contributed by atoms with E-state index in [1.54, 1.807) is 6.07 Å². The molecular weight excluding hydrogens is 780 g/mol. The van der Waals surface area contributed by atoms with Gasteiger partial charge in [-0.25, -0.2) is 14.1 Å². The van der Waals surface area contributed by atoms with Crippen LogP contribution in [0.1, 0.15) is 54.9 Å². The molecule has 2 aliphatic rings. The number of carbonyl (C=O) groups excluding carboxylic acids is 5. The van der Waals surface area contributed by atoms with Gasteiger partial charge in [-0.05, 0) is 67.1 Å². The van der Waals surface area contributed by atoms with Crippen molar-refractivity contribution in [3.63, 3.8) is 0 Å². The molecule has 0 bridgehead atoms. The number of amides is 5. The van der Waals surface area contributed by atoms with Gasteiger partial charge in [-0.3, -0.25) is 19.2 Å². The lowest BCUT2D eigenvalue weighted by molar-refractivity contribution is -0.187. The zero-order valence-corrected chi connectivity index (χ0v) is 32.7. The smallest absolute Gasteiger partial charge is 0.418 e. The third-order valence-corrected chi connectivity index (χ3v) is 9.96. The minimum atomic E-state index is -4.83. The zero-order chi connectivity index (χ0) is 42.4. The number of nitrogens with zero attached hydrogens (tertiary/aromatic N) is 2. The molecule has 0 aromatic heterocycles. The number of carbonyl (C=O) groups is 5. The van der Waals surface area contributed by atoms with E-state index in [9.17, 15) is 41.5 Å². The van der Waals surface area contributed by atoms with E-state index < -0.39 is 54.6 Å². The summed E-state index contributed by atoms with van der Waals surface area (Å²) in [5.41, 5.74) is 1.02. The predicted octanol–water partition coefficient (Wildman–Crippen LogP) is 5.44. The van der Waals surface area contributed by atoms with E-state index in [4.69, 9.17) is 18.9 Å². The van der Waals surface area contributed by atoms with Crippen molar-refractivity contribution in [1.82, 2.24) is 15.1 Å². The first-order valence-electron chi connectivity index (χ1n) is 19.4. The minimum Gasteiger partial charge on any atom is -0.427 e. The van der Waals surface area contributed by atoms with E-state index in [1.165, 1.54) is 29.8 Å². The van der Waals surface area contributed by atoms with Gasteiger partial charge in [0.25, 0.3) is 5.91 Å². The monoisotopic (exact) mass is 828 g/mol. The number of hydrogen-bond acceptors (Lipinski definition) is 9. The molecule has 13 nitrogen and oxygen atoms in total. The van der Waals surface area contributed by atoms with Crippen molar-refractivity contribution < 1.29 is 60.5 Å². The van der Waals surface area contributed by atoms with Gasteiger partial charge in [-0.2, -0.15) is 13.2 Å². The predicted molar refractivity (Wildman–Crippen MR) is 205 cm³/mol. The summed E-state index contributed by atoms with van der Waals surface area (Å²) in [5, 5.41) is 5.52. The molecule has 1 aliphatic carbocycles. The molecule has 2 N–H and O–H groups in total. The molecule has 5 rings (SSSR count). The fraction of sp³-hybridized carbons (Fsp3) is 0.452. The molecule has 1 saturated heterocycles. The average molecular weight is 829 g/mol. The van der Waals surface area contributed by atoms with Crippen LogP contribution in [0.5, 0.6) is 0 Å². The lowest BCUT2D eigenvalue weighted by Gasteiger charge is -2.31. The number of benzene rings is 3. The third-order valence-electron chi connectivity index (χ3n) is 9.96. The molecule has 1 unspecified atom stereocenters. The molecule has 3 aromatic carbocycles. The largest absolute Gasteiger partial charge is 0.427 e. The number of hydrogen-bond donors (Lipinski definition) is 2. The second-order valence-corrected chi connectivity index (χ2v) is 14.1. The number of halogens is 4. The lowest BCUT2D eigenvalue weighted by Crippen LogP contribution is -2.51. The van der Waals surface area contributed by atoms with E-state index in [0.29, 0.717) is 66.1 Å². The Kier molecular flexibility index (Phi) is 15.9. The van der Waals surface area contributed by atoms with E-state index in [-0.39, 0.29) is 56.2 Å². The van der Waals surface area contributed by atoms with Gasteiger partial charge in [0.2, 0.25) is 23.3 Å². The number of aryl methyl sites for hydroxylation is 1.